The van der Waals surface area contributed by atoms with Crippen LogP contribution in [0.25, 0.3) is 0 Å². The van der Waals surface area contributed by atoms with Crippen molar-refractivity contribution >= 4 is 17.3 Å². The van der Waals surface area contributed by atoms with Crippen molar-refractivity contribution in [3.63, 3.8) is 0 Å². The lowest BCUT2D eigenvalue weighted by Gasteiger charge is -2.13. The van der Waals surface area contributed by atoms with Crippen LogP contribution < -0.4 is 10.1 Å². The minimum Gasteiger partial charge on any atom is -0.435 e. The molecule has 2 aromatic carbocycles. The average molecular weight is 430 g/mol. The number of nitrogens with one attached hydrogen (secondary N) is 1. The molecule has 1 aromatic heterocycles. The molecule has 0 spiro atoms. The number of nitro groups is 1. The van der Waals surface area contributed by atoms with Gasteiger partial charge in [0, 0.05) is 11.3 Å². The molecule has 1 amide bonds. The number of hydrogen-bond donors (Lipinski definition) is 1. The van der Waals surface area contributed by atoms with Gasteiger partial charge in [-0.2, -0.15) is 13.9 Å². The second-order valence-electron chi connectivity index (χ2n) is 6.90. The number of benzene rings is 2. The molecule has 0 unspecified atom stereocenters. The second-order valence-corrected chi connectivity index (χ2v) is 6.90. The summed E-state index contributed by atoms with van der Waals surface area (Å²) in [5, 5.41) is 18.2. The van der Waals surface area contributed by atoms with Crippen LogP contribution in [0.1, 0.15) is 32.9 Å². The molecule has 1 N–H and O–H groups in total. The summed E-state index contributed by atoms with van der Waals surface area (Å²) in [6.07, 6.45) is 0. The highest BCUT2D eigenvalue weighted by atomic mass is 19.3. The van der Waals surface area contributed by atoms with E-state index in [0.717, 1.165) is 0 Å². The van der Waals surface area contributed by atoms with E-state index >= 15 is 0 Å². The van der Waals surface area contributed by atoms with Crippen LogP contribution in [-0.2, 0) is 6.54 Å². The molecule has 0 saturated carbocycles. The number of halogens is 2. The Morgan fingerprint density at radius 2 is 1.94 bits per heavy atom. The third kappa shape index (κ3) is 4.85. The SMILES string of the molecule is Cc1cc(OC(F)F)ccc1NC(=O)c1ccccc1Cn1nc(C)c([N+](=O)[O-])c1C. The van der Waals surface area contributed by atoms with E-state index in [-0.39, 0.29) is 18.0 Å². The predicted octanol–water partition coefficient (Wildman–Crippen LogP) is 4.62. The minimum atomic E-state index is -2.93. The van der Waals surface area contributed by atoms with Crippen LogP contribution in [0.15, 0.2) is 42.5 Å². The first-order valence-electron chi connectivity index (χ1n) is 9.30. The molecule has 3 rings (SSSR count). The van der Waals surface area contributed by atoms with Crippen molar-refractivity contribution in [3.8, 4) is 5.75 Å². The lowest BCUT2D eigenvalue weighted by molar-refractivity contribution is -0.386. The Morgan fingerprint density at radius 1 is 1.23 bits per heavy atom. The number of aryl methyl sites for hydroxylation is 2. The first-order chi connectivity index (χ1) is 14.7. The van der Waals surface area contributed by atoms with Gasteiger partial charge in [0.05, 0.1) is 11.5 Å². The highest BCUT2D eigenvalue weighted by Gasteiger charge is 2.23. The Hall–Kier alpha value is -3.82. The van der Waals surface area contributed by atoms with Crippen LogP contribution in [0.5, 0.6) is 5.75 Å². The van der Waals surface area contributed by atoms with Crippen LogP contribution in [0.3, 0.4) is 0 Å². The Morgan fingerprint density at radius 3 is 2.55 bits per heavy atom. The number of carbonyl (C=O) groups excluding carboxylic acids is 1. The van der Waals surface area contributed by atoms with Crippen LogP contribution in [-0.4, -0.2) is 27.2 Å². The Kier molecular flexibility index (Phi) is 6.28. The maximum atomic E-state index is 12.9. The molecule has 0 fully saturated rings. The van der Waals surface area contributed by atoms with E-state index in [1.165, 1.54) is 22.9 Å². The van der Waals surface area contributed by atoms with Gasteiger partial charge in [0.2, 0.25) is 0 Å². The number of rotatable bonds is 7. The largest absolute Gasteiger partial charge is 0.435 e. The molecule has 0 bridgehead atoms. The summed E-state index contributed by atoms with van der Waals surface area (Å²) < 4.78 is 30.6. The highest BCUT2D eigenvalue weighted by molar-refractivity contribution is 6.05. The van der Waals surface area contributed by atoms with Crippen LogP contribution in [0.2, 0.25) is 0 Å². The van der Waals surface area contributed by atoms with Gasteiger partial charge in [-0.25, -0.2) is 0 Å². The number of aromatic nitrogens is 2. The molecule has 162 valence electrons. The summed E-state index contributed by atoms with van der Waals surface area (Å²) in [7, 11) is 0. The van der Waals surface area contributed by atoms with Gasteiger partial charge in [-0.15, -0.1) is 0 Å². The smallest absolute Gasteiger partial charge is 0.387 e. The molecule has 8 nitrogen and oxygen atoms in total. The third-order valence-corrected chi connectivity index (χ3v) is 4.78. The quantitative estimate of drug-likeness (QED) is 0.436. The first kappa shape index (κ1) is 21.9. The lowest BCUT2D eigenvalue weighted by atomic mass is 10.1. The van der Waals surface area contributed by atoms with Gasteiger partial charge in [0.1, 0.15) is 17.1 Å². The van der Waals surface area contributed by atoms with E-state index in [2.05, 4.69) is 15.2 Å². The van der Waals surface area contributed by atoms with Crippen molar-refractivity contribution in [3.05, 3.63) is 80.7 Å². The van der Waals surface area contributed by atoms with Crippen LogP contribution in [0, 0.1) is 30.9 Å². The Bertz CT molecular complexity index is 1140. The molecule has 0 radical (unpaired) electrons. The number of anilines is 1. The number of alkyl halides is 2. The summed E-state index contributed by atoms with van der Waals surface area (Å²) in [4.78, 5) is 23.7. The van der Waals surface area contributed by atoms with Crippen molar-refractivity contribution < 1.29 is 23.2 Å². The van der Waals surface area contributed by atoms with Crippen molar-refractivity contribution in [2.45, 2.75) is 33.9 Å². The molecular formula is C21H20F2N4O4. The molecule has 0 atom stereocenters. The normalized spacial score (nSPS) is 10.9. The van der Waals surface area contributed by atoms with Gasteiger partial charge in [0.15, 0.2) is 0 Å². The topological polar surface area (TPSA) is 99.3 Å². The molecule has 3 aromatic rings. The van der Waals surface area contributed by atoms with Gasteiger partial charge in [-0.05, 0) is 56.2 Å². The van der Waals surface area contributed by atoms with Crippen LogP contribution in [0.4, 0.5) is 20.2 Å². The predicted molar refractivity (Wildman–Crippen MR) is 110 cm³/mol. The molecular weight excluding hydrogens is 410 g/mol. The first-order valence-corrected chi connectivity index (χ1v) is 9.30. The number of nitrogens with zero attached hydrogens (tertiary/aromatic N) is 3. The zero-order valence-electron chi connectivity index (χ0n) is 17.1. The summed E-state index contributed by atoms with van der Waals surface area (Å²) in [6.45, 7) is 2.06. The molecule has 0 saturated heterocycles. The zero-order chi connectivity index (χ0) is 22.7. The monoisotopic (exact) mass is 430 g/mol. The summed E-state index contributed by atoms with van der Waals surface area (Å²) >= 11 is 0. The number of hydrogen-bond acceptors (Lipinski definition) is 5. The summed E-state index contributed by atoms with van der Waals surface area (Å²) in [6, 6.07) is 11.1. The Balaban J connectivity index is 1.85. The fraction of sp³-hybridized carbons (Fsp3) is 0.238. The molecule has 31 heavy (non-hydrogen) atoms. The lowest BCUT2D eigenvalue weighted by Crippen LogP contribution is -2.17. The van der Waals surface area contributed by atoms with Crippen molar-refractivity contribution in [2.75, 3.05) is 5.32 Å². The van der Waals surface area contributed by atoms with Gasteiger partial charge >= 0.3 is 12.3 Å². The average Bonchev–Trinajstić information content (AvgIpc) is 2.97. The maximum Gasteiger partial charge on any atom is 0.387 e. The number of ether oxygens (including phenoxy) is 1. The molecule has 0 aliphatic rings. The van der Waals surface area contributed by atoms with E-state index in [1.807, 2.05) is 0 Å². The van der Waals surface area contributed by atoms with Crippen molar-refractivity contribution in [1.82, 2.24) is 9.78 Å². The van der Waals surface area contributed by atoms with E-state index in [4.69, 9.17) is 0 Å². The van der Waals surface area contributed by atoms with Crippen molar-refractivity contribution in [2.24, 2.45) is 0 Å². The zero-order valence-corrected chi connectivity index (χ0v) is 17.1. The van der Waals surface area contributed by atoms with E-state index < -0.39 is 17.4 Å². The van der Waals surface area contributed by atoms with Crippen LogP contribution >= 0.6 is 0 Å². The summed E-state index contributed by atoms with van der Waals surface area (Å²) in [5.41, 5.74) is 2.63. The molecule has 1 heterocycles. The van der Waals surface area contributed by atoms with Gasteiger partial charge in [-0.3, -0.25) is 19.6 Å². The van der Waals surface area contributed by atoms with Crippen molar-refractivity contribution in [1.29, 1.82) is 0 Å². The fourth-order valence-corrected chi connectivity index (χ4v) is 3.29. The molecule has 0 aliphatic heterocycles. The van der Waals surface area contributed by atoms with Gasteiger partial charge < -0.3 is 10.1 Å². The van der Waals surface area contributed by atoms with E-state index in [0.29, 0.717) is 33.8 Å². The second kappa shape index (κ2) is 8.90. The van der Waals surface area contributed by atoms with Gasteiger partial charge in [-0.1, -0.05) is 18.2 Å². The third-order valence-electron chi connectivity index (χ3n) is 4.78. The van der Waals surface area contributed by atoms with Gasteiger partial charge in [0.25, 0.3) is 5.91 Å². The number of carbonyl (C=O) groups is 1. The minimum absolute atomic E-state index is 0.00276. The maximum absolute atomic E-state index is 12.9. The highest BCUT2D eigenvalue weighted by Crippen LogP contribution is 2.25. The molecule has 0 aliphatic carbocycles. The van der Waals surface area contributed by atoms with E-state index in [9.17, 15) is 23.7 Å². The fourth-order valence-electron chi connectivity index (χ4n) is 3.29. The number of amides is 1. The Labute approximate surface area is 176 Å². The molecule has 10 heteroatoms. The van der Waals surface area contributed by atoms with E-state index in [1.54, 1.807) is 45.0 Å². The standard InChI is InChI=1S/C21H20F2N4O4/c1-12-10-16(31-21(22)23)8-9-18(12)24-20(28)17-7-5-4-6-15(17)11-26-14(3)19(27(29)30)13(2)25-26/h4-10,21H,11H2,1-3H3,(H,24,28). The summed E-state index contributed by atoms with van der Waals surface area (Å²) in [5.74, 6) is -0.408.